The van der Waals surface area contributed by atoms with Crippen LogP contribution in [-0.2, 0) is 9.59 Å². The Labute approximate surface area is 114 Å². The zero-order valence-corrected chi connectivity index (χ0v) is 11.3. The third-order valence-corrected chi connectivity index (χ3v) is 3.23. The van der Waals surface area contributed by atoms with Gasteiger partial charge in [-0.05, 0) is 23.9 Å². The van der Waals surface area contributed by atoms with Gasteiger partial charge in [-0.15, -0.1) is 0 Å². The summed E-state index contributed by atoms with van der Waals surface area (Å²) < 4.78 is 5.21. The van der Waals surface area contributed by atoms with Crippen LogP contribution in [0, 0.1) is 0 Å². The zero-order chi connectivity index (χ0) is 13.8. The predicted molar refractivity (Wildman–Crippen MR) is 74.8 cm³/mol. The topological polar surface area (TPSA) is 67.8 Å². The monoisotopic (exact) mass is 276 g/mol. The molecule has 2 rings (SSSR count). The summed E-state index contributed by atoms with van der Waals surface area (Å²) in [4.78, 5) is 26.8. The molecule has 0 bridgehead atoms. The second-order valence-corrected chi connectivity index (χ2v) is 4.79. The summed E-state index contributed by atoms with van der Waals surface area (Å²) in [5.41, 5.74) is 0.792. The summed E-state index contributed by atoms with van der Waals surface area (Å²) in [5.74, 6) is 0.0635. The van der Waals surface area contributed by atoms with Crippen molar-refractivity contribution in [3.05, 3.63) is 34.7 Å². The standard InChI is InChI=1S/C13H12N2O3S/c1-8(16)14-13-15-12(17)11(19-13)7-9-5-3-4-6-10(9)18-2/h3-7H,1-2H3,(H,14,15,16,17)/b11-7+. The fraction of sp³-hybridized carbons (Fsp3) is 0.154. The molecular formula is C13H12N2O3S. The number of para-hydroxylation sites is 1. The van der Waals surface area contributed by atoms with Crippen molar-refractivity contribution in [1.82, 2.24) is 5.32 Å². The number of hydrogen-bond acceptors (Lipinski definition) is 4. The Morgan fingerprint density at radius 3 is 2.84 bits per heavy atom. The highest BCUT2D eigenvalue weighted by Gasteiger charge is 2.22. The lowest BCUT2D eigenvalue weighted by Crippen LogP contribution is -2.23. The number of methoxy groups -OCH3 is 1. The number of nitrogens with one attached hydrogen (secondary N) is 1. The van der Waals surface area contributed by atoms with Crippen LogP contribution in [0.25, 0.3) is 6.08 Å². The predicted octanol–water partition coefficient (Wildman–Crippen LogP) is 1.80. The lowest BCUT2D eigenvalue weighted by molar-refractivity contribution is -0.117. The van der Waals surface area contributed by atoms with Gasteiger partial charge in [-0.2, -0.15) is 4.99 Å². The van der Waals surface area contributed by atoms with Crippen molar-refractivity contribution >= 4 is 34.8 Å². The Hall–Kier alpha value is -2.08. The maximum Gasteiger partial charge on any atom is 0.286 e. The SMILES string of the molecule is COc1ccccc1/C=C1/SC(NC(C)=O)=NC1=O. The summed E-state index contributed by atoms with van der Waals surface area (Å²) in [5, 5.41) is 2.80. The highest BCUT2D eigenvalue weighted by molar-refractivity contribution is 8.18. The van der Waals surface area contributed by atoms with Crippen LogP contribution in [-0.4, -0.2) is 24.1 Å². The molecule has 0 saturated carbocycles. The molecule has 98 valence electrons. The molecule has 19 heavy (non-hydrogen) atoms. The van der Waals surface area contributed by atoms with E-state index in [4.69, 9.17) is 4.74 Å². The first-order chi connectivity index (χ1) is 9.10. The van der Waals surface area contributed by atoms with Gasteiger partial charge in [0.25, 0.3) is 5.91 Å². The lowest BCUT2D eigenvalue weighted by Gasteiger charge is -2.04. The van der Waals surface area contributed by atoms with Crippen LogP contribution in [0.4, 0.5) is 0 Å². The van der Waals surface area contributed by atoms with E-state index in [2.05, 4.69) is 10.3 Å². The molecule has 0 aliphatic carbocycles. The first-order valence-electron chi connectivity index (χ1n) is 5.53. The van der Waals surface area contributed by atoms with E-state index in [9.17, 15) is 9.59 Å². The molecule has 1 aromatic rings. The third kappa shape index (κ3) is 3.23. The smallest absolute Gasteiger partial charge is 0.286 e. The first kappa shape index (κ1) is 13.4. The summed E-state index contributed by atoms with van der Waals surface area (Å²) >= 11 is 1.14. The molecule has 0 fully saturated rings. The number of amides is 2. The minimum Gasteiger partial charge on any atom is -0.496 e. The molecule has 1 aliphatic heterocycles. The van der Waals surface area contributed by atoms with E-state index in [1.165, 1.54) is 6.92 Å². The molecule has 0 saturated heterocycles. The number of nitrogens with zero attached hydrogens (tertiary/aromatic N) is 1. The summed E-state index contributed by atoms with van der Waals surface area (Å²) in [6.45, 7) is 1.37. The molecule has 1 heterocycles. The Kier molecular flexibility index (Phi) is 4.01. The van der Waals surface area contributed by atoms with Gasteiger partial charge in [0, 0.05) is 12.5 Å². The van der Waals surface area contributed by atoms with Crippen molar-refractivity contribution in [3.63, 3.8) is 0 Å². The molecule has 1 aliphatic rings. The zero-order valence-electron chi connectivity index (χ0n) is 10.5. The molecule has 0 aromatic heterocycles. The lowest BCUT2D eigenvalue weighted by atomic mass is 10.2. The average molecular weight is 276 g/mol. The fourth-order valence-corrected chi connectivity index (χ4v) is 2.39. The molecule has 5 nitrogen and oxygen atoms in total. The highest BCUT2D eigenvalue weighted by Crippen LogP contribution is 2.30. The number of ether oxygens (including phenoxy) is 1. The molecule has 1 N–H and O–H groups in total. The van der Waals surface area contributed by atoms with Crippen molar-refractivity contribution < 1.29 is 14.3 Å². The van der Waals surface area contributed by atoms with E-state index in [1.807, 2.05) is 24.3 Å². The van der Waals surface area contributed by atoms with Crippen LogP contribution in [0.15, 0.2) is 34.2 Å². The van der Waals surface area contributed by atoms with Crippen molar-refractivity contribution in [2.45, 2.75) is 6.92 Å². The van der Waals surface area contributed by atoms with Gasteiger partial charge in [0.1, 0.15) is 5.75 Å². The summed E-state index contributed by atoms with van der Waals surface area (Å²) in [7, 11) is 1.57. The Morgan fingerprint density at radius 2 is 2.16 bits per heavy atom. The number of carbonyl (C=O) groups is 2. The van der Waals surface area contributed by atoms with Crippen molar-refractivity contribution in [3.8, 4) is 5.75 Å². The van der Waals surface area contributed by atoms with Crippen molar-refractivity contribution in [2.24, 2.45) is 4.99 Å². The van der Waals surface area contributed by atoms with E-state index < -0.39 is 0 Å². The Balaban J connectivity index is 2.22. The highest BCUT2D eigenvalue weighted by atomic mass is 32.2. The van der Waals surface area contributed by atoms with Gasteiger partial charge in [0.05, 0.1) is 12.0 Å². The van der Waals surface area contributed by atoms with Gasteiger partial charge < -0.3 is 10.1 Å². The van der Waals surface area contributed by atoms with E-state index in [0.29, 0.717) is 15.8 Å². The second-order valence-electron chi connectivity index (χ2n) is 3.76. The van der Waals surface area contributed by atoms with E-state index in [1.54, 1.807) is 13.2 Å². The number of amidine groups is 1. The number of thioether (sulfide) groups is 1. The van der Waals surface area contributed by atoms with Gasteiger partial charge in [0.2, 0.25) is 5.91 Å². The van der Waals surface area contributed by atoms with Gasteiger partial charge in [-0.25, -0.2) is 0 Å². The number of aliphatic imine (C=N–C) groups is 1. The molecule has 2 amide bonds. The van der Waals surface area contributed by atoms with E-state index in [-0.39, 0.29) is 11.8 Å². The second kappa shape index (κ2) is 5.71. The molecule has 6 heteroatoms. The minimum atomic E-state index is -0.361. The quantitative estimate of drug-likeness (QED) is 0.836. The molecular weight excluding hydrogens is 264 g/mol. The third-order valence-electron chi connectivity index (χ3n) is 2.33. The van der Waals surface area contributed by atoms with Crippen LogP contribution in [0.3, 0.4) is 0 Å². The van der Waals surface area contributed by atoms with Crippen LogP contribution >= 0.6 is 11.8 Å². The molecule has 0 spiro atoms. The number of benzene rings is 1. The summed E-state index contributed by atoms with van der Waals surface area (Å²) in [6, 6.07) is 7.36. The van der Waals surface area contributed by atoms with Crippen molar-refractivity contribution in [1.29, 1.82) is 0 Å². The molecule has 1 aromatic carbocycles. The fourth-order valence-electron chi connectivity index (χ4n) is 1.54. The van der Waals surface area contributed by atoms with Crippen LogP contribution in [0.5, 0.6) is 5.75 Å². The summed E-state index contributed by atoms with van der Waals surface area (Å²) in [6.07, 6.45) is 1.70. The number of hydrogen-bond donors (Lipinski definition) is 1. The first-order valence-corrected chi connectivity index (χ1v) is 6.35. The normalized spacial score (nSPS) is 16.4. The van der Waals surface area contributed by atoms with Gasteiger partial charge in [-0.3, -0.25) is 9.59 Å². The maximum atomic E-state index is 11.7. The minimum absolute atomic E-state index is 0.252. The van der Waals surface area contributed by atoms with Gasteiger partial charge >= 0.3 is 0 Å². The van der Waals surface area contributed by atoms with E-state index in [0.717, 1.165) is 17.3 Å². The van der Waals surface area contributed by atoms with Crippen molar-refractivity contribution in [2.75, 3.05) is 7.11 Å². The van der Waals surface area contributed by atoms with Crippen LogP contribution < -0.4 is 10.1 Å². The Morgan fingerprint density at radius 1 is 1.42 bits per heavy atom. The molecule has 0 radical (unpaired) electrons. The number of rotatable bonds is 2. The Bertz CT molecular complexity index is 593. The van der Waals surface area contributed by atoms with E-state index >= 15 is 0 Å². The largest absolute Gasteiger partial charge is 0.496 e. The average Bonchev–Trinajstić information content (AvgIpc) is 2.69. The van der Waals surface area contributed by atoms with Crippen LogP contribution in [0.1, 0.15) is 12.5 Å². The molecule has 0 unspecified atom stereocenters. The molecule has 0 atom stereocenters. The van der Waals surface area contributed by atoms with Gasteiger partial charge in [-0.1, -0.05) is 18.2 Å². The number of carbonyl (C=O) groups excluding carboxylic acids is 2. The van der Waals surface area contributed by atoms with Crippen LogP contribution in [0.2, 0.25) is 0 Å². The van der Waals surface area contributed by atoms with Gasteiger partial charge in [0.15, 0.2) is 5.17 Å². The maximum absolute atomic E-state index is 11.7.